The molecule has 0 aliphatic heterocycles. The smallest absolute Gasteiger partial charge is 0.454 e. The Morgan fingerprint density at radius 2 is 1.65 bits per heavy atom. The van der Waals surface area contributed by atoms with Crippen molar-refractivity contribution in [2.75, 3.05) is 12.4 Å². The molecule has 0 amide bonds. The van der Waals surface area contributed by atoms with Crippen molar-refractivity contribution in [1.82, 2.24) is 0 Å². The van der Waals surface area contributed by atoms with Crippen LogP contribution in [0.4, 0.5) is 24.5 Å². The highest BCUT2D eigenvalue weighted by molar-refractivity contribution is 9.10. The van der Waals surface area contributed by atoms with Crippen molar-refractivity contribution in [1.29, 1.82) is 0 Å². The van der Waals surface area contributed by atoms with Crippen molar-refractivity contribution < 1.29 is 22.7 Å². The molecule has 3 nitrogen and oxygen atoms in total. The number of benzene rings is 3. The Labute approximate surface area is 155 Å². The molecule has 3 aromatic rings. The fourth-order valence-corrected chi connectivity index (χ4v) is 3.19. The molecule has 3 rings (SSSR count). The Bertz CT molecular complexity index is 969. The third-order valence-corrected chi connectivity index (χ3v) is 4.51. The molecule has 0 bridgehead atoms. The van der Waals surface area contributed by atoms with Crippen molar-refractivity contribution in [3.05, 3.63) is 64.6 Å². The average Bonchev–Trinajstić information content (AvgIpc) is 2.63. The van der Waals surface area contributed by atoms with Crippen LogP contribution in [0.1, 0.15) is 10.4 Å². The van der Waals surface area contributed by atoms with Crippen molar-refractivity contribution in [2.24, 2.45) is 0 Å². The van der Waals surface area contributed by atoms with E-state index >= 15 is 0 Å². The molecule has 0 radical (unpaired) electrons. The highest BCUT2D eigenvalue weighted by Crippen LogP contribution is 2.38. The molecular formula is C19H13BrF3NO2. The number of alkyl halides is 3. The van der Waals surface area contributed by atoms with E-state index in [4.69, 9.17) is 4.74 Å². The van der Waals surface area contributed by atoms with Crippen LogP contribution in [0, 0.1) is 0 Å². The van der Waals surface area contributed by atoms with Crippen molar-refractivity contribution >= 4 is 43.9 Å². The summed E-state index contributed by atoms with van der Waals surface area (Å²) in [7, 11) is 1.52. The topological polar surface area (TPSA) is 38.3 Å². The van der Waals surface area contributed by atoms with Gasteiger partial charge >= 0.3 is 6.18 Å². The number of ether oxygens (including phenoxy) is 1. The number of anilines is 2. The Morgan fingerprint density at radius 1 is 1.04 bits per heavy atom. The summed E-state index contributed by atoms with van der Waals surface area (Å²) in [4.78, 5) is 12.0. The molecule has 26 heavy (non-hydrogen) atoms. The fraction of sp³-hybridized carbons (Fsp3) is 0.105. The molecule has 3 aromatic carbocycles. The van der Waals surface area contributed by atoms with E-state index in [-0.39, 0.29) is 5.69 Å². The van der Waals surface area contributed by atoms with Crippen LogP contribution < -0.4 is 10.1 Å². The molecular weight excluding hydrogens is 411 g/mol. The number of halogens is 4. The summed E-state index contributed by atoms with van der Waals surface area (Å²) in [6.07, 6.45) is -4.97. The van der Waals surface area contributed by atoms with E-state index < -0.39 is 17.5 Å². The first-order valence-electron chi connectivity index (χ1n) is 7.55. The Hall–Kier alpha value is -2.54. The quantitative estimate of drug-likeness (QED) is 0.515. The number of hydrogen-bond donors (Lipinski definition) is 1. The van der Waals surface area contributed by atoms with Gasteiger partial charge in [-0.2, -0.15) is 13.2 Å². The second-order valence-electron chi connectivity index (χ2n) is 5.51. The number of rotatable bonds is 4. The number of methoxy groups -OCH3 is 1. The Kier molecular flexibility index (Phi) is 4.91. The molecule has 0 aliphatic rings. The lowest BCUT2D eigenvalue weighted by atomic mass is 10.0. The first-order chi connectivity index (χ1) is 12.3. The van der Waals surface area contributed by atoms with E-state index in [9.17, 15) is 18.0 Å². The predicted molar refractivity (Wildman–Crippen MR) is 98.3 cm³/mol. The highest BCUT2D eigenvalue weighted by Gasteiger charge is 2.41. The van der Waals surface area contributed by atoms with Crippen molar-refractivity contribution in [2.45, 2.75) is 6.18 Å². The minimum atomic E-state index is -4.97. The monoisotopic (exact) mass is 423 g/mol. The van der Waals surface area contributed by atoms with E-state index in [0.717, 1.165) is 0 Å². The normalized spacial score (nSPS) is 11.4. The summed E-state index contributed by atoms with van der Waals surface area (Å²) in [5.74, 6) is -1.29. The molecule has 1 N–H and O–H groups in total. The van der Waals surface area contributed by atoms with E-state index in [1.54, 1.807) is 48.5 Å². The maximum absolute atomic E-state index is 13.1. The average molecular weight is 424 g/mol. The maximum Gasteiger partial charge on any atom is 0.454 e. The molecule has 0 unspecified atom stereocenters. The summed E-state index contributed by atoms with van der Waals surface area (Å²) >= 11 is 3.26. The lowest BCUT2D eigenvalue weighted by molar-refractivity contribution is -0.0884. The van der Waals surface area contributed by atoms with Crippen molar-refractivity contribution in [3.8, 4) is 5.75 Å². The predicted octanol–water partition coefficient (Wildman–Crippen LogP) is 6.10. The van der Waals surface area contributed by atoms with E-state index in [1.165, 1.54) is 13.2 Å². The van der Waals surface area contributed by atoms with Gasteiger partial charge in [0.15, 0.2) is 0 Å². The third-order valence-electron chi connectivity index (χ3n) is 3.86. The molecule has 0 fully saturated rings. The zero-order chi connectivity index (χ0) is 18.9. The van der Waals surface area contributed by atoms with Crippen LogP contribution in [0.25, 0.3) is 10.8 Å². The van der Waals surface area contributed by atoms with Crippen LogP contribution in [0.15, 0.2) is 59.1 Å². The highest BCUT2D eigenvalue weighted by atomic mass is 79.9. The minimum absolute atomic E-state index is 0.108. The van der Waals surface area contributed by atoms with Crippen LogP contribution in [0.3, 0.4) is 0 Å². The molecule has 0 spiro atoms. The molecule has 134 valence electrons. The molecule has 0 atom stereocenters. The molecule has 0 aliphatic carbocycles. The van der Waals surface area contributed by atoms with Crippen LogP contribution in [0.2, 0.25) is 0 Å². The summed E-state index contributed by atoms with van der Waals surface area (Å²) in [6.45, 7) is 0. The van der Waals surface area contributed by atoms with Crippen LogP contribution in [0.5, 0.6) is 5.75 Å². The number of nitrogens with one attached hydrogen (secondary N) is 1. The second kappa shape index (κ2) is 6.99. The molecule has 0 saturated heterocycles. The lowest BCUT2D eigenvalue weighted by Crippen LogP contribution is -2.23. The summed E-state index contributed by atoms with van der Waals surface area (Å²) in [6, 6.07) is 14.8. The van der Waals surface area contributed by atoms with Gasteiger partial charge in [0.25, 0.3) is 5.78 Å². The number of carbonyl (C=O) groups excluding carboxylic acids is 1. The number of carbonyl (C=O) groups is 1. The van der Waals surface area contributed by atoms with Gasteiger partial charge in [-0.05, 0) is 35.7 Å². The molecule has 0 aromatic heterocycles. The minimum Gasteiger partial charge on any atom is -0.497 e. The first-order valence-corrected chi connectivity index (χ1v) is 8.34. The number of fused-ring (bicyclic) bond motifs is 1. The summed E-state index contributed by atoms with van der Waals surface area (Å²) < 4.78 is 44.7. The van der Waals surface area contributed by atoms with Crippen LogP contribution in [-0.2, 0) is 0 Å². The van der Waals surface area contributed by atoms with Crippen LogP contribution >= 0.6 is 15.9 Å². The van der Waals surface area contributed by atoms with Gasteiger partial charge in [0.1, 0.15) is 5.75 Å². The molecule has 7 heteroatoms. The zero-order valence-corrected chi connectivity index (χ0v) is 15.1. The summed E-state index contributed by atoms with van der Waals surface area (Å²) in [5.41, 5.74) is 0.199. The molecule has 0 heterocycles. The van der Waals surface area contributed by atoms with Gasteiger partial charge < -0.3 is 10.1 Å². The SMILES string of the molecule is COc1ccc(Nc2c(C(=O)C(F)(F)F)cc(Br)c3ccccc23)cc1. The number of hydrogen-bond acceptors (Lipinski definition) is 3. The van der Waals surface area contributed by atoms with Gasteiger partial charge in [-0.25, -0.2) is 0 Å². The van der Waals surface area contributed by atoms with E-state index in [2.05, 4.69) is 21.2 Å². The zero-order valence-electron chi connectivity index (χ0n) is 13.5. The van der Waals surface area contributed by atoms with Gasteiger partial charge in [-0.3, -0.25) is 4.79 Å². The lowest BCUT2D eigenvalue weighted by Gasteiger charge is -2.17. The second-order valence-corrected chi connectivity index (χ2v) is 6.36. The number of Topliss-reactive ketones (excluding diaryl/α,β-unsaturated/α-hetero) is 1. The first kappa shape index (κ1) is 18.3. The van der Waals surface area contributed by atoms with Gasteiger partial charge in [-0.1, -0.05) is 40.2 Å². The van der Waals surface area contributed by atoms with Gasteiger partial charge in [0.2, 0.25) is 0 Å². The largest absolute Gasteiger partial charge is 0.497 e. The Morgan fingerprint density at radius 3 is 2.23 bits per heavy atom. The fourth-order valence-electron chi connectivity index (χ4n) is 2.62. The van der Waals surface area contributed by atoms with Gasteiger partial charge in [0.05, 0.1) is 18.4 Å². The van der Waals surface area contributed by atoms with E-state index in [1.807, 2.05) is 0 Å². The summed E-state index contributed by atoms with van der Waals surface area (Å²) in [5, 5.41) is 4.15. The van der Waals surface area contributed by atoms with Crippen LogP contribution in [-0.4, -0.2) is 19.1 Å². The number of ketones is 1. The standard InChI is InChI=1S/C19H13BrF3NO2/c1-26-12-8-6-11(7-9-12)24-17-14-5-3-2-4-13(14)16(20)10-15(17)18(25)19(21,22)23/h2-10,24H,1H3. The Balaban J connectivity index is 2.19. The molecule has 0 saturated carbocycles. The van der Waals surface area contributed by atoms with E-state index in [0.29, 0.717) is 26.7 Å². The van der Waals surface area contributed by atoms with Gasteiger partial charge in [0, 0.05) is 15.5 Å². The maximum atomic E-state index is 13.1. The van der Waals surface area contributed by atoms with Crippen molar-refractivity contribution in [3.63, 3.8) is 0 Å². The third kappa shape index (κ3) is 3.53. The van der Waals surface area contributed by atoms with Gasteiger partial charge in [-0.15, -0.1) is 0 Å².